The SMILES string of the molecule is CC(c1c[nH]c(=O)c2ccccc12)N(CCCN)C(=O)NC1=CC(Cl)C(=O)C=C1. The lowest BCUT2D eigenvalue weighted by atomic mass is 10.0. The van der Waals surface area contributed by atoms with Crippen molar-refractivity contribution in [2.45, 2.75) is 24.8 Å². The number of ketones is 1. The van der Waals surface area contributed by atoms with Crippen LogP contribution in [0.25, 0.3) is 10.8 Å². The van der Waals surface area contributed by atoms with Crippen molar-refractivity contribution in [1.29, 1.82) is 0 Å². The Morgan fingerprint density at radius 1 is 1.28 bits per heavy atom. The predicted molar refractivity (Wildman–Crippen MR) is 114 cm³/mol. The van der Waals surface area contributed by atoms with Crippen LogP contribution in [0.3, 0.4) is 0 Å². The number of nitrogens with one attached hydrogen (secondary N) is 2. The second kappa shape index (κ2) is 9.07. The number of urea groups is 1. The molecule has 0 aliphatic heterocycles. The number of fused-ring (bicyclic) bond motifs is 1. The summed E-state index contributed by atoms with van der Waals surface area (Å²) >= 11 is 5.95. The number of halogens is 1. The topological polar surface area (TPSA) is 108 Å². The molecule has 29 heavy (non-hydrogen) atoms. The summed E-state index contributed by atoms with van der Waals surface area (Å²) in [7, 11) is 0. The van der Waals surface area contributed by atoms with E-state index >= 15 is 0 Å². The number of benzene rings is 1. The molecule has 1 heterocycles. The number of amides is 2. The summed E-state index contributed by atoms with van der Waals surface area (Å²) in [5, 5.41) is 3.36. The zero-order chi connectivity index (χ0) is 21.0. The number of aromatic nitrogens is 1. The molecule has 0 bridgehead atoms. The number of alkyl halides is 1. The monoisotopic (exact) mass is 414 g/mol. The van der Waals surface area contributed by atoms with Gasteiger partial charge in [0.05, 0.1) is 6.04 Å². The summed E-state index contributed by atoms with van der Waals surface area (Å²) < 4.78 is 0. The van der Waals surface area contributed by atoms with Gasteiger partial charge in [-0.3, -0.25) is 9.59 Å². The minimum Gasteiger partial charge on any atom is -0.330 e. The van der Waals surface area contributed by atoms with Gasteiger partial charge in [0.1, 0.15) is 5.38 Å². The van der Waals surface area contributed by atoms with E-state index in [-0.39, 0.29) is 23.4 Å². The fraction of sp³-hybridized carbons (Fsp3) is 0.286. The second-order valence-electron chi connectivity index (χ2n) is 6.82. The maximum atomic E-state index is 13.0. The van der Waals surface area contributed by atoms with Crippen LogP contribution in [0.4, 0.5) is 4.79 Å². The van der Waals surface area contributed by atoms with Crippen LogP contribution in [-0.4, -0.2) is 40.2 Å². The number of hydrogen-bond donors (Lipinski definition) is 3. The first-order valence-electron chi connectivity index (χ1n) is 9.38. The third kappa shape index (κ3) is 4.58. The first-order valence-corrected chi connectivity index (χ1v) is 9.82. The van der Waals surface area contributed by atoms with Crippen LogP contribution in [-0.2, 0) is 4.79 Å². The van der Waals surface area contributed by atoms with Gasteiger partial charge in [0.2, 0.25) is 0 Å². The number of rotatable bonds is 6. The summed E-state index contributed by atoms with van der Waals surface area (Å²) in [5.41, 5.74) is 6.77. The number of hydrogen-bond acceptors (Lipinski definition) is 4. The highest BCUT2D eigenvalue weighted by Gasteiger charge is 2.24. The molecule has 1 aromatic carbocycles. The van der Waals surface area contributed by atoms with Crippen LogP contribution in [0.1, 0.15) is 24.9 Å². The average molecular weight is 415 g/mol. The fourth-order valence-electron chi connectivity index (χ4n) is 3.32. The number of H-pyrrole nitrogens is 1. The molecular weight excluding hydrogens is 392 g/mol. The van der Waals surface area contributed by atoms with E-state index in [4.69, 9.17) is 17.3 Å². The van der Waals surface area contributed by atoms with Crippen molar-refractivity contribution in [1.82, 2.24) is 15.2 Å². The van der Waals surface area contributed by atoms with E-state index in [1.165, 1.54) is 18.2 Å². The van der Waals surface area contributed by atoms with E-state index in [9.17, 15) is 14.4 Å². The molecule has 1 aliphatic rings. The molecule has 3 rings (SSSR count). The van der Waals surface area contributed by atoms with Crippen LogP contribution in [0.15, 0.2) is 59.2 Å². The average Bonchev–Trinajstić information content (AvgIpc) is 2.71. The summed E-state index contributed by atoms with van der Waals surface area (Å²) in [6, 6.07) is 6.61. The molecule has 0 saturated heterocycles. The van der Waals surface area contributed by atoms with Crippen molar-refractivity contribution >= 4 is 34.2 Å². The van der Waals surface area contributed by atoms with Gasteiger partial charge in [0, 0.05) is 23.8 Å². The summed E-state index contributed by atoms with van der Waals surface area (Å²) in [5.74, 6) is -0.224. The third-order valence-corrected chi connectivity index (χ3v) is 5.24. The highest BCUT2D eigenvalue weighted by atomic mass is 35.5. The molecule has 8 heteroatoms. The van der Waals surface area contributed by atoms with Crippen molar-refractivity contribution in [3.63, 3.8) is 0 Å². The summed E-state index contributed by atoms with van der Waals surface area (Å²) in [6.45, 7) is 2.76. The first kappa shape index (κ1) is 20.8. The van der Waals surface area contributed by atoms with Crippen molar-refractivity contribution in [2.75, 3.05) is 13.1 Å². The number of aromatic amines is 1. The van der Waals surface area contributed by atoms with Crippen LogP contribution in [0, 0.1) is 0 Å². The Labute approximate surface area is 173 Å². The lowest BCUT2D eigenvalue weighted by Crippen LogP contribution is -2.42. The van der Waals surface area contributed by atoms with Crippen LogP contribution in [0.5, 0.6) is 0 Å². The number of nitrogens with two attached hydrogens (primary N) is 1. The molecule has 2 atom stereocenters. The minimum absolute atomic E-state index is 0.176. The van der Waals surface area contributed by atoms with Crippen LogP contribution >= 0.6 is 11.6 Å². The number of pyridine rings is 1. The number of nitrogens with zero attached hydrogens (tertiary/aromatic N) is 1. The molecule has 2 unspecified atom stereocenters. The predicted octanol–water partition coefficient (Wildman–Crippen LogP) is 2.58. The zero-order valence-electron chi connectivity index (χ0n) is 16.0. The lowest BCUT2D eigenvalue weighted by molar-refractivity contribution is -0.113. The Morgan fingerprint density at radius 2 is 2.00 bits per heavy atom. The largest absolute Gasteiger partial charge is 0.330 e. The highest BCUT2D eigenvalue weighted by molar-refractivity contribution is 6.34. The maximum Gasteiger partial charge on any atom is 0.322 e. The molecule has 7 nitrogen and oxygen atoms in total. The Kier molecular flexibility index (Phi) is 6.51. The van der Waals surface area contributed by atoms with E-state index in [1.807, 2.05) is 19.1 Å². The molecule has 1 aliphatic carbocycles. The molecule has 0 radical (unpaired) electrons. The number of carbonyl (C=O) groups is 2. The van der Waals surface area contributed by atoms with Gasteiger partial charge >= 0.3 is 6.03 Å². The van der Waals surface area contributed by atoms with E-state index in [2.05, 4.69) is 10.3 Å². The van der Waals surface area contributed by atoms with E-state index in [0.717, 1.165) is 10.9 Å². The normalized spacial score (nSPS) is 17.1. The Hall–Kier alpha value is -2.90. The van der Waals surface area contributed by atoms with Gasteiger partial charge in [-0.15, -0.1) is 11.6 Å². The minimum atomic E-state index is -0.798. The summed E-state index contributed by atoms with van der Waals surface area (Å²) in [6.07, 6.45) is 6.63. The van der Waals surface area contributed by atoms with Gasteiger partial charge in [-0.1, -0.05) is 18.2 Å². The number of allylic oxidation sites excluding steroid dienone is 3. The van der Waals surface area contributed by atoms with Crippen molar-refractivity contribution in [3.8, 4) is 0 Å². The van der Waals surface area contributed by atoms with Crippen LogP contribution < -0.4 is 16.6 Å². The quantitative estimate of drug-likeness (QED) is 0.631. The summed E-state index contributed by atoms with van der Waals surface area (Å²) in [4.78, 5) is 41.1. The van der Waals surface area contributed by atoms with E-state index in [0.29, 0.717) is 30.6 Å². The molecular formula is C21H23ClN4O3. The van der Waals surface area contributed by atoms with Gasteiger partial charge in [-0.2, -0.15) is 0 Å². The zero-order valence-corrected chi connectivity index (χ0v) is 16.8. The molecule has 2 amide bonds. The standard InChI is InChI=1S/C21H23ClN4O3/c1-13(17-12-24-20(28)16-6-3-2-5-15(16)17)26(10-4-9-23)21(29)25-14-7-8-19(27)18(22)11-14/h2-3,5-8,11-13,18H,4,9-10,23H2,1H3,(H,24,28)(H,25,29). The second-order valence-corrected chi connectivity index (χ2v) is 7.29. The Morgan fingerprint density at radius 3 is 2.69 bits per heavy atom. The first-order chi connectivity index (χ1) is 13.9. The highest BCUT2D eigenvalue weighted by Crippen LogP contribution is 2.26. The van der Waals surface area contributed by atoms with Gasteiger partial charge in [-0.25, -0.2) is 4.79 Å². The van der Waals surface area contributed by atoms with E-state index in [1.54, 1.807) is 23.2 Å². The van der Waals surface area contributed by atoms with E-state index < -0.39 is 5.38 Å². The van der Waals surface area contributed by atoms with Gasteiger partial charge < -0.3 is 20.9 Å². The smallest absolute Gasteiger partial charge is 0.322 e. The van der Waals surface area contributed by atoms with Crippen LogP contribution in [0.2, 0.25) is 0 Å². The molecule has 2 aromatic rings. The lowest BCUT2D eigenvalue weighted by Gasteiger charge is -2.30. The Balaban J connectivity index is 1.91. The molecule has 0 saturated carbocycles. The van der Waals surface area contributed by atoms with Crippen molar-refractivity contribution in [2.24, 2.45) is 5.73 Å². The van der Waals surface area contributed by atoms with Gasteiger partial charge in [0.25, 0.3) is 5.56 Å². The van der Waals surface area contributed by atoms with Gasteiger partial charge in [0.15, 0.2) is 5.78 Å². The van der Waals surface area contributed by atoms with Gasteiger partial charge in [-0.05, 0) is 55.1 Å². The molecule has 4 N–H and O–H groups in total. The van der Waals surface area contributed by atoms with Crippen molar-refractivity contribution in [3.05, 3.63) is 70.3 Å². The molecule has 0 fully saturated rings. The molecule has 152 valence electrons. The molecule has 0 spiro atoms. The fourth-order valence-corrected chi connectivity index (χ4v) is 3.52. The Bertz CT molecular complexity index is 1040. The third-order valence-electron chi connectivity index (χ3n) is 4.90. The number of carbonyl (C=O) groups excluding carboxylic acids is 2. The maximum absolute atomic E-state index is 13.0. The van der Waals surface area contributed by atoms with Crippen molar-refractivity contribution < 1.29 is 9.59 Å². The molecule has 1 aromatic heterocycles.